The summed E-state index contributed by atoms with van der Waals surface area (Å²) in [6.07, 6.45) is 0.922. The molecule has 1 rings (SSSR count). The fraction of sp³-hybridized carbons (Fsp3) is 0.400. The minimum Gasteiger partial charge on any atom is -0.409 e. The molecule has 16 heavy (non-hydrogen) atoms. The van der Waals surface area contributed by atoms with Gasteiger partial charge in [0.05, 0.1) is 13.0 Å². The van der Waals surface area contributed by atoms with Crippen molar-refractivity contribution in [1.82, 2.24) is 5.32 Å². The van der Waals surface area contributed by atoms with E-state index in [-0.39, 0.29) is 18.2 Å². The normalized spacial score (nSPS) is 11.4. The molecule has 1 amide bonds. The number of nitrogens with zero attached hydrogens (tertiary/aromatic N) is 1. The molecule has 0 aliphatic carbocycles. The maximum atomic E-state index is 11.3. The van der Waals surface area contributed by atoms with Gasteiger partial charge in [-0.1, -0.05) is 12.1 Å². The molecule has 0 unspecified atom stereocenters. The molecule has 0 aliphatic rings. The smallest absolute Gasteiger partial charge is 0.227 e. The number of rotatable bonds is 5. The molecular weight excluding hydrogens is 226 g/mol. The second-order valence-corrected chi connectivity index (χ2v) is 4.52. The Morgan fingerprint density at radius 1 is 1.56 bits per heavy atom. The largest absolute Gasteiger partial charge is 0.409 e. The van der Waals surface area contributed by atoms with E-state index in [0.29, 0.717) is 6.54 Å². The maximum absolute atomic E-state index is 11.3. The van der Waals surface area contributed by atoms with Crippen molar-refractivity contribution >= 4 is 23.1 Å². The lowest BCUT2D eigenvalue weighted by molar-refractivity contribution is -0.120. The highest BCUT2D eigenvalue weighted by Crippen LogP contribution is 2.16. The van der Waals surface area contributed by atoms with Gasteiger partial charge in [-0.15, -0.1) is 11.3 Å². The van der Waals surface area contributed by atoms with Crippen LogP contribution in [0.3, 0.4) is 0 Å². The zero-order valence-electron chi connectivity index (χ0n) is 9.06. The number of aryl methyl sites for hydroxylation is 1. The molecule has 0 aromatic carbocycles. The summed E-state index contributed by atoms with van der Waals surface area (Å²) in [6.45, 7) is 2.58. The quantitative estimate of drug-likeness (QED) is 0.312. The van der Waals surface area contributed by atoms with Crippen molar-refractivity contribution in [3.8, 4) is 0 Å². The Labute approximate surface area is 98.0 Å². The first-order valence-electron chi connectivity index (χ1n) is 4.96. The van der Waals surface area contributed by atoms with E-state index in [1.54, 1.807) is 11.3 Å². The zero-order valence-corrected chi connectivity index (χ0v) is 9.88. The van der Waals surface area contributed by atoms with E-state index in [1.165, 1.54) is 4.88 Å². The van der Waals surface area contributed by atoms with Gasteiger partial charge in [0.1, 0.15) is 5.84 Å². The number of amidine groups is 1. The number of thiophene rings is 1. The van der Waals surface area contributed by atoms with Crippen molar-refractivity contribution in [1.29, 1.82) is 0 Å². The third kappa shape index (κ3) is 3.90. The number of nitrogens with one attached hydrogen (secondary N) is 1. The lowest BCUT2D eigenvalue weighted by Gasteiger charge is -2.02. The highest BCUT2D eigenvalue weighted by Gasteiger charge is 2.05. The highest BCUT2D eigenvalue weighted by atomic mass is 32.1. The average Bonchev–Trinajstić information content (AvgIpc) is 2.74. The molecule has 0 spiro atoms. The number of nitrogens with two attached hydrogens (primary N) is 1. The standard InChI is InChI=1S/C10H15N3O2S/c1-2-7-3-4-8(16-7)6-12-10(14)5-9(11)13-15/h3-4,15H,2,5-6H2,1H3,(H2,11,13)(H,12,14). The number of hydrogen-bond acceptors (Lipinski definition) is 4. The Morgan fingerprint density at radius 2 is 2.25 bits per heavy atom. The van der Waals surface area contributed by atoms with E-state index >= 15 is 0 Å². The second-order valence-electron chi connectivity index (χ2n) is 3.27. The van der Waals surface area contributed by atoms with E-state index in [9.17, 15) is 4.79 Å². The summed E-state index contributed by atoms with van der Waals surface area (Å²) in [4.78, 5) is 13.7. The second kappa shape index (κ2) is 6.12. The minimum absolute atomic E-state index is 0.0808. The lowest BCUT2D eigenvalue weighted by Crippen LogP contribution is -2.27. The van der Waals surface area contributed by atoms with Crippen LogP contribution in [-0.2, 0) is 17.8 Å². The van der Waals surface area contributed by atoms with Crippen molar-refractivity contribution < 1.29 is 10.0 Å². The number of hydrogen-bond donors (Lipinski definition) is 3. The molecule has 88 valence electrons. The predicted molar refractivity (Wildman–Crippen MR) is 63.6 cm³/mol. The molecule has 4 N–H and O–H groups in total. The van der Waals surface area contributed by atoms with Crippen LogP contribution in [0.15, 0.2) is 17.3 Å². The molecule has 0 fully saturated rings. The number of carbonyl (C=O) groups excluding carboxylic acids is 1. The van der Waals surface area contributed by atoms with Crippen LogP contribution >= 0.6 is 11.3 Å². The zero-order chi connectivity index (χ0) is 12.0. The van der Waals surface area contributed by atoms with E-state index in [2.05, 4.69) is 23.5 Å². The first-order chi connectivity index (χ1) is 7.65. The molecule has 0 saturated heterocycles. The van der Waals surface area contributed by atoms with E-state index < -0.39 is 0 Å². The van der Waals surface area contributed by atoms with Crippen molar-refractivity contribution in [2.75, 3.05) is 0 Å². The first kappa shape index (κ1) is 12.5. The van der Waals surface area contributed by atoms with Crippen LogP contribution in [0, 0.1) is 0 Å². The Bertz CT molecular complexity index is 387. The van der Waals surface area contributed by atoms with Crippen LogP contribution in [0.25, 0.3) is 0 Å². The van der Waals surface area contributed by atoms with Gasteiger partial charge in [0.15, 0.2) is 0 Å². The molecule has 0 radical (unpaired) electrons. The predicted octanol–water partition coefficient (Wildman–Crippen LogP) is 1.06. The fourth-order valence-electron chi connectivity index (χ4n) is 1.16. The fourth-order valence-corrected chi connectivity index (χ4v) is 2.05. The van der Waals surface area contributed by atoms with Gasteiger partial charge in [-0.2, -0.15) is 0 Å². The van der Waals surface area contributed by atoms with Crippen molar-refractivity contribution in [3.63, 3.8) is 0 Å². The third-order valence-corrected chi connectivity index (χ3v) is 3.23. The molecule has 0 aliphatic heterocycles. The van der Waals surface area contributed by atoms with Gasteiger partial charge in [-0.05, 0) is 18.6 Å². The summed E-state index contributed by atoms with van der Waals surface area (Å²) in [5, 5.41) is 13.7. The van der Waals surface area contributed by atoms with Crippen molar-refractivity contribution in [2.24, 2.45) is 10.9 Å². The molecule has 0 atom stereocenters. The average molecular weight is 241 g/mol. The monoisotopic (exact) mass is 241 g/mol. The van der Waals surface area contributed by atoms with Crippen molar-refractivity contribution in [2.45, 2.75) is 26.3 Å². The third-order valence-electron chi connectivity index (χ3n) is 2.00. The Kier molecular flexibility index (Phi) is 4.78. The van der Waals surface area contributed by atoms with Crippen LogP contribution in [0.1, 0.15) is 23.1 Å². The molecule has 6 heteroatoms. The number of amides is 1. The minimum atomic E-state index is -0.248. The van der Waals surface area contributed by atoms with Crippen LogP contribution < -0.4 is 11.1 Å². The van der Waals surface area contributed by atoms with Crippen LogP contribution in [-0.4, -0.2) is 17.0 Å². The molecule has 0 saturated carbocycles. The Morgan fingerprint density at radius 3 is 2.81 bits per heavy atom. The summed E-state index contributed by atoms with van der Waals surface area (Å²) in [5.41, 5.74) is 5.21. The molecule has 1 heterocycles. The molecular formula is C10H15N3O2S. The number of carbonyl (C=O) groups is 1. The highest BCUT2D eigenvalue weighted by molar-refractivity contribution is 7.11. The van der Waals surface area contributed by atoms with Gasteiger partial charge in [-0.25, -0.2) is 0 Å². The van der Waals surface area contributed by atoms with Gasteiger partial charge >= 0.3 is 0 Å². The number of oxime groups is 1. The first-order valence-corrected chi connectivity index (χ1v) is 5.78. The topological polar surface area (TPSA) is 87.7 Å². The molecule has 5 nitrogen and oxygen atoms in total. The van der Waals surface area contributed by atoms with Gasteiger partial charge in [0, 0.05) is 9.75 Å². The maximum Gasteiger partial charge on any atom is 0.227 e. The van der Waals surface area contributed by atoms with E-state index in [0.717, 1.165) is 11.3 Å². The summed E-state index contributed by atoms with van der Waals surface area (Å²) in [6, 6.07) is 4.04. The van der Waals surface area contributed by atoms with Gasteiger partial charge in [-0.3, -0.25) is 4.79 Å². The van der Waals surface area contributed by atoms with Gasteiger partial charge in [0.25, 0.3) is 0 Å². The lowest BCUT2D eigenvalue weighted by atomic mass is 10.3. The SMILES string of the molecule is CCc1ccc(CNC(=O)C/C(N)=N/O)s1. The van der Waals surface area contributed by atoms with E-state index in [4.69, 9.17) is 10.9 Å². The summed E-state index contributed by atoms with van der Waals surface area (Å²) in [7, 11) is 0. The Hall–Kier alpha value is -1.56. The Balaban J connectivity index is 2.37. The van der Waals surface area contributed by atoms with Crippen LogP contribution in [0.5, 0.6) is 0 Å². The van der Waals surface area contributed by atoms with Crippen LogP contribution in [0.4, 0.5) is 0 Å². The molecule has 0 bridgehead atoms. The molecule has 1 aromatic heterocycles. The van der Waals surface area contributed by atoms with E-state index in [1.807, 2.05) is 6.07 Å². The van der Waals surface area contributed by atoms with Crippen molar-refractivity contribution in [3.05, 3.63) is 21.9 Å². The summed E-state index contributed by atoms with van der Waals surface area (Å²) in [5.74, 6) is -0.334. The van der Waals surface area contributed by atoms with Gasteiger partial charge in [0.2, 0.25) is 5.91 Å². The van der Waals surface area contributed by atoms with Gasteiger partial charge < -0.3 is 16.3 Å². The van der Waals surface area contributed by atoms with Crippen LogP contribution in [0.2, 0.25) is 0 Å². The molecule has 1 aromatic rings. The summed E-state index contributed by atoms with van der Waals surface area (Å²) >= 11 is 1.67. The summed E-state index contributed by atoms with van der Waals surface area (Å²) < 4.78 is 0.